The van der Waals surface area contributed by atoms with Gasteiger partial charge in [-0.1, -0.05) is 60.2 Å². The molecule has 1 N–H and O–H groups in total. The first kappa shape index (κ1) is 19.5. The molecule has 3 aromatic rings. The summed E-state index contributed by atoms with van der Waals surface area (Å²) in [5.74, 6) is 0.356. The molecule has 2 aromatic carbocycles. The Morgan fingerprint density at radius 3 is 2.39 bits per heavy atom. The Kier molecular flexibility index (Phi) is 6.37. The number of rotatable bonds is 7. The Balaban J connectivity index is 1.72. The van der Waals surface area contributed by atoms with Crippen LogP contribution in [0.2, 0.25) is 0 Å². The first-order valence-electron chi connectivity index (χ1n) is 9.50. The van der Waals surface area contributed by atoms with Gasteiger partial charge in [0.05, 0.1) is 0 Å². The Bertz CT molecular complexity index is 907. The number of nitrogens with one attached hydrogen (secondary N) is 1. The van der Waals surface area contributed by atoms with Crippen LogP contribution in [0.3, 0.4) is 0 Å². The average molecular weight is 374 g/mol. The molecule has 0 saturated carbocycles. The second-order valence-corrected chi connectivity index (χ2v) is 7.12. The van der Waals surface area contributed by atoms with Crippen LogP contribution in [-0.2, 0) is 13.1 Å². The minimum atomic E-state index is -0.201. The first-order valence-corrected chi connectivity index (χ1v) is 9.50. The summed E-state index contributed by atoms with van der Waals surface area (Å²) in [5.41, 5.74) is 3.80. The summed E-state index contributed by atoms with van der Waals surface area (Å²) in [4.78, 5) is 23.6. The van der Waals surface area contributed by atoms with Gasteiger partial charge in [0.1, 0.15) is 5.69 Å². The van der Waals surface area contributed by atoms with Gasteiger partial charge in [0.15, 0.2) is 0 Å². The van der Waals surface area contributed by atoms with Gasteiger partial charge < -0.3 is 10.2 Å². The van der Waals surface area contributed by atoms with E-state index in [1.807, 2.05) is 49.4 Å². The minimum absolute atomic E-state index is 0.200. The fourth-order valence-electron chi connectivity index (χ4n) is 2.86. The molecule has 0 saturated heterocycles. The summed E-state index contributed by atoms with van der Waals surface area (Å²) < 4.78 is 0. The maximum absolute atomic E-state index is 12.6. The number of anilines is 1. The molecule has 5 heteroatoms. The van der Waals surface area contributed by atoms with E-state index >= 15 is 0 Å². The van der Waals surface area contributed by atoms with Crippen molar-refractivity contribution in [2.75, 3.05) is 4.90 Å². The molecular weight excluding hydrogens is 348 g/mol. The van der Waals surface area contributed by atoms with Crippen molar-refractivity contribution in [3.8, 4) is 0 Å². The van der Waals surface area contributed by atoms with Crippen molar-refractivity contribution in [1.29, 1.82) is 0 Å². The van der Waals surface area contributed by atoms with Crippen molar-refractivity contribution in [2.45, 2.75) is 39.9 Å². The molecule has 1 amide bonds. The average Bonchev–Trinajstić information content (AvgIpc) is 2.72. The number of amides is 1. The number of nitrogens with zero attached hydrogens (tertiary/aromatic N) is 3. The molecule has 3 rings (SSSR count). The molecule has 0 unspecified atom stereocenters. The van der Waals surface area contributed by atoms with Gasteiger partial charge >= 0.3 is 0 Å². The summed E-state index contributed by atoms with van der Waals surface area (Å²) in [5, 5.41) is 2.93. The van der Waals surface area contributed by atoms with E-state index in [9.17, 15) is 4.79 Å². The predicted octanol–water partition coefficient (Wildman–Crippen LogP) is 4.13. The van der Waals surface area contributed by atoms with Crippen LogP contribution in [0.5, 0.6) is 0 Å². The number of benzene rings is 2. The highest BCUT2D eigenvalue weighted by Crippen LogP contribution is 2.16. The second kappa shape index (κ2) is 9.13. The van der Waals surface area contributed by atoms with Crippen LogP contribution in [-0.4, -0.2) is 21.9 Å². The topological polar surface area (TPSA) is 58.1 Å². The van der Waals surface area contributed by atoms with E-state index in [2.05, 4.69) is 46.2 Å². The van der Waals surface area contributed by atoms with E-state index in [4.69, 9.17) is 0 Å². The van der Waals surface area contributed by atoms with Crippen molar-refractivity contribution >= 4 is 11.9 Å². The van der Waals surface area contributed by atoms with Crippen LogP contribution in [0.15, 0.2) is 66.9 Å². The SMILES string of the molecule is Cc1ccc(CNC(=O)c2ccnc(N(Cc3ccccc3)C(C)C)n2)cc1. The van der Waals surface area contributed by atoms with E-state index in [0.717, 1.165) is 5.56 Å². The number of hydrogen-bond donors (Lipinski definition) is 1. The Morgan fingerprint density at radius 1 is 1.00 bits per heavy atom. The van der Waals surface area contributed by atoms with Crippen molar-refractivity contribution in [2.24, 2.45) is 0 Å². The fraction of sp³-hybridized carbons (Fsp3) is 0.261. The molecule has 0 aliphatic carbocycles. The third kappa shape index (κ3) is 5.16. The maximum Gasteiger partial charge on any atom is 0.270 e. The molecule has 28 heavy (non-hydrogen) atoms. The zero-order chi connectivity index (χ0) is 19.9. The van der Waals surface area contributed by atoms with Gasteiger partial charge in [-0.25, -0.2) is 9.97 Å². The highest BCUT2D eigenvalue weighted by Gasteiger charge is 2.16. The van der Waals surface area contributed by atoms with Crippen LogP contribution in [0.4, 0.5) is 5.95 Å². The van der Waals surface area contributed by atoms with E-state index in [1.54, 1.807) is 12.3 Å². The zero-order valence-corrected chi connectivity index (χ0v) is 16.6. The normalized spacial score (nSPS) is 10.7. The molecule has 5 nitrogen and oxygen atoms in total. The molecule has 0 fully saturated rings. The lowest BCUT2D eigenvalue weighted by Crippen LogP contribution is -2.32. The number of carbonyl (C=O) groups is 1. The lowest BCUT2D eigenvalue weighted by atomic mass is 10.1. The molecule has 1 heterocycles. The monoisotopic (exact) mass is 374 g/mol. The highest BCUT2D eigenvalue weighted by atomic mass is 16.1. The molecule has 0 bridgehead atoms. The minimum Gasteiger partial charge on any atom is -0.347 e. The van der Waals surface area contributed by atoms with Crippen LogP contribution in [0.1, 0.15) is 41.0 Å². The van der Waals surface area contributed by atoms with Gasteiger partial charge in [0.2, 0.25) is 5.95 Å². The van der Waals surface area contributed by atoms with Crippen molar-refractivity contribution in [3.63, 3.8) is 0 Å². The van der Waals surface area contributed by atoms with E-state index in [-0.39, 0.29) is 11.9 Å². The highest BCUT2D eigenvalue weighted by molar-refractivity contribution is 5.92. The number of carbonyl (C=O) groups excluding carboxylic acids is 1. The lowest BCUT2D eigenvalue weighted by molar-refractivity contribution is 0.0945. The van der Waals surface area contributed by atoms with E-state index in [1.165, 1.54) is 11.1 Å². The number of hydrogen-bond acceptors (Lipinski definition) is 4. The molecule has 0 aliphatic heterocycles. The van der Waals surface area contributed by atoms with Gasteiger partial charge in [0.25, 0.3) is 5.91 Å². The van der Waals surface area contributed by atoms with Crippen molar-refractivity contribution in [3.05, 3.63) is 89.2 Å². The van der Waals surface area contributed by atoms with Crippen LogP contribution >= 0.6 is 0 Å². The van der Waals surface area contributed by atoms with Crippen LogP contribution in [0.25, 0.3) is 0 Å². The molecule has 0 aliphatic rings. The van der Waals surface area contributed by atoms with Crippen LogP contribution < -0.4 is 10.2 Å². The largest absolute Gasteiger partial charge is 0.347 e. The van der Waals surface area contributed by atoms with Gasteiger partial charge in [-0.2, -0.15) is 0 Å². The first-order chi connectivity index (χ1) is 13.5. The Morgan fingerprint density at radius 2 is 1.71 bits per heavy atom. The Labute approximate surface area is 166 Å². The van der Waals surface area contributed by atoms with E-state index in [0.29, 0.717) is 24.7 Å². The molecule has 0 atom stereocenters. The third-order valence-corrected chi connectivity index (χ3v) is 4.53. The van der Waals surface area contributed by atoms with Gasteiger partial charge in [-0.15, -0.1) is 0 Å². The van der Waals surface area contributed by atoms with E-state index < -0.39 is 0 Å². The summed E-state index contributed by atoms with van der Waals surface area (Å²) in [6.45, 7) is 7.39. The number of aromatic nitrogens is 2. The molecule has 1 aromatic heterocycles. The van der Waals surface area contributed by atoms with Gasteiger partial charge in [-0.3, -0.25) is 4.79 Å². The maximum atomic E-state index is 12.6. The lowest BCUT2D eigenvalue weighted by Gasteiger charge is -2.27. The van der Waals surface area contributed by atoms with Crippen LogP contribution in [0, 0.1) is 6.92 Å². The van der Waals surface area contributed by atoms with Crippen molar-refractivity contribution in [1.82, 2.24) is 15.3 Å². The third-order valence-electron chi connectivity index (χ3n) is 4.53. The van der Waals surface area contributed by atoms with Crippen molar-refractivity contribution < 1.29 is 4.79 Å². The molecule has 0 radical (unpaired) electrons. The summed E-state index contributed by atoms with van der Waals surface area (Å²) >= 11 is 0. The molecule has 0 spiro atoms. The fourth-order valence-corrected chi connectivity index (χ4v) is 2.86. The van der Waals surface area contributed by atoms with Gasteiger partial charge in [0, 0.05) is 25.3 Å². The summed E-state index contributed by atoms with van der Waals surface area (Å²) in [7, 11) is 0. The molecular formula is C23H26N4O. The second-order valence-electron chi connectivity index (χ2n) is 7.12. The Hall–Kier alpha value is -3.21. The quantitative estimate of drug-likeness (QED) is 0.676. The van der Waals surface area contributed by atoms with Gasteiger partial charge in [-0.05, 0) is 38.0 Å². The zero-order valence-electron chi connectivity index (χ0n) is 16.6. The standard InChI is InChI=1S/C23H26N4O/c1-17(2)27(16-20-7-5-4-6-8-20)23-24-14-13-21(26-23)22(28)25-15-19-11-9-18(3)10-12-19/h4-14,17H,15-16H2,1-3H3,(H,25,28). The predicted molar refractivity (Wildman–Crippen MR) is 112 cm³/mol. The summed E-state index contributed by atoms with van der Waals surface area (Å²) in [6, 6.07) is 20.1. The number of aryl methyl sites for hydroxylation is 1. The molecule has 144 valence electrons. The smallest absolute Gasteiger partial charge is 0.270 e. The summed E-state index contributed by atoms with van der Waals surface area (Å²) in [6.07, 6.45) is 1.64.